The highest BCUT2D eigenvalue weighted by atomic mass is 16.6. The fraction of sp³-hybridized carbons (Fsp3) is 1.00. The van der Waals surface area contributed by atoms with Gasteiger partial charge in [-0.3, -0.25) is 0 Å². The predicted molar refractivity (Wildman–Crippen MR) is 136 cm³/mol. The molecule has 0 aliphatic rings. The summed E-state index contributed by atoms with van der Waals surface area (Å²) in [6, 6.07) is 0. The molecule has 0 aromatic carbocycles. The highest BCUT2D eigenvalue weighted by Gasteiger charge is 1.96. The van der Waals surface area contributed by atoms with E-state index < -0.39 is 0 Å². The molecule has 0 amide bonds. The Morgan fingerprint density at radius 3 is 0.568 bits per heavy atom. The van der Waals surface area contributed by atoms with Gasteiger partial charge in [0.1, 0.15) is 0 Å². The van der Waals surface area contributed by atoms with E-state index in [4.69, 9.17) is 57.6 Å². The summed E-state index contributed by atoms with van der Waals surface area (Å²) in [7, 11) is 0. The maximum Gasteiger partial charge on any atom is 0.0701 e. The Morgan fingerprint density at radius 1 is 0.216 bits per heavy atom. The summed E-state index contributed by atoms with van der Waals surface area (Å²) in [5.41, 5.74) is 0. The van der Waals surface area contributed by atoms with Crippen LogP contribution in [0.15, 0.2) is 0 Å². The van der Waals surface area contributed by atoms with Gasteiger partial charge in [0, 0.05) is 39.6 Å². The fourth-order valence-electron chi connectivity index (χ4n) is 2.65. The number of hydrogen-bond donors (Lipinski definition) is 2. The molecule has 0 aromatic heterocycles. The highest BCUT2D eigenvalue weighted by Crippen LogP contribution is 1.90. The van der Waals surface area contributed by atoms with Crippen LogP contribution in [-0.2, 0) is 47.4 Å². The molecule has 0 saturated heterocycles. The topological polar surface area (TPSA) is 133 Å². The first kappa shape index (κ1) is 36.5. The fourth-order valence-corrected chi connectivity index (χ4v) is 2.65. The van der Waals surface area contributed by atoms with E-state index in [1.807, 2.05) is 0 Å². The second kappa shape index (κ2) is 35.5. The van der Waals surface area contributed by atoms with E-state index in [1.165, 1.54) is 0 Å². The molecule has 0 spiro atoms. The Hall–Kier alpha value is -0.480. The number of ether oxygens (including phenoxy) is 10. The van der Waals surface area contributed by atoms with Crippen LogP contribution in [0.25, 0.3) is 0 Å². The molecule has 0 aromatic rings. The summed E-state index contributed by atoms with van der Waals surface area (Å²) in [5.74, 6) is 0. The zero-order chi connectivity index (χ0) is 26.7. The largest absolute Gasteiger partial charge is 0.394 e. The van der Waals surface area contributed by atoms with Gasteiger partial charge in [-0.1, -0.05) is 0 Å². The predicted octanol–water partition coefficient (Wildman–Crippen LogP) is 0.307. The van der Waals surface area contributed by atoms with Crippen LogP contribution < -0.4 is 0 Å². The van der Waals surface area contributed by atoms with Crippen molar-refractivity contribution in [3.8, 4) is 0 Å². The normalized spacial score (nSPS) is 11.5. The molecule has 0 bridgehead atoms. The van der Waals surface area contributed by atoms with E-state index in [9.17, 15) is 0 Å². The number of aliphatic hydroxyl groups excluding tert-OH is 2. The minimum Gasteiger partial charge on any atom is -0.394 e. The Balaban J connectivity index is 3.00. The van der Waals surface area contributed by atoms with Gasteiger partial charge in [0.2, 0.25) is 0 Å². The monoisotopic (exact) mass is 544 g/mol. The summed E-state index contributed by atoms with van der Waals surface area (Å²) in [5, 5.41) is 17.1. The van der Waals surface area contributed by atoms with Gasteiger partial charge in [-0.2, -0.15) is 0 Å². The van der Waals surface area contributed by atoms with Crippen LogP contribution >= 0.6 is 0 Å². The lowest BCUT2D eigenvalue weighted by Crippen LogP contribution is -2.13. The average Bonchev–Trinajstić information content (AvgIpc) is 2.91. The smallest absolute Gasteiger partial charge is 0.0701 e. The zero-order valence-electron chi connectivity index (χ0n) is 22.7. The third-order valence-corrected chi connectivity index (χ3v) is 4.44. The van der Waals surface area contributed by atoms with Crippen LogP contribution in [0.3, 0.4) is 0 Å². The highest BCUT2D eigenvalue weighted by molar-refractivity contribution is 4.41. The molecule has 12 nitrogen and oxygen atoms in total. The van der Waals surface area contributed by atoms with Gasteiger partial charge < -0.3 is 57.6 Å². The van der Waals surface area contributed by atoms with Crippen molar-refractivity contribution in [1.29, 1.82) is 0 Å². The quantitative estimate of drug-likeness (QED) is 0.108. The van der Waals surface area contributed by atoms with Crippen molar-refractivity contribution in [2.75, 3.05) is 145 Å². The van der Waals surface area contributed by atoms with Crippen LogP contribution in [0.4, 0.5) is 0 Å². The average molecular weight is 545 g/mol. The molecule has 0 heterocycles. The molecule has 0 aliphatic carbocycles. The van der Waals surface area contributed by atoms with Crippen LogP contribution in [0.2, 0.25) is 0 Å². The number of rotatable bonds is 34. The van der Waals surface area contributed by atoms with E-state index in [2.05, 4.69) is 0 Å². The molecular formula is C25H52O12. The molecule has 0 atom stereocenters. The van der Waals surface area contributed by atoms with Crippen molar-refractivity contribution in [2.45, 2.75) is 19.3 Å². The molecule has 0 fully saturated rings. The molecule has 0 radical (unpaired) electrons. The van der Waals surface area contributed by atoms with Gasteiger partial charge in [-0.15, -0.1) is 0 Å². The Morgan fingerprint density at radius 2 is 0.378 bits per heavy atom. The Bertz CT molecular complexity index is 359. The number of hydrogen-bond acceptors (Lipinski definition) is 12. The van der Waals surface area contributed by atoms with Gasteiger partial charge in [-0.25, -0.2) is 0 Å². The maximum atomic E-state index is 8.56. The molecule has 224 valence electrons. The van der Waals surface area contributed by atoms with Crippen molar-refractivity contribution < 1.29 is 57.6 Å². The van der Waals surface area contributed by atoms with Gasteiger partial charge in [-0.05, 0) is 19.3 Å². The van der Waals surface area contributed by atoms with Crippen molar-refractivity contribution in [3.05, 3.63) is 0 Å². The number of aliphatic hydroxyl groups is 2. The lowest BCUT2D eigenvalue weighted by Gasteiger charge is -2.08. The minimum atomic E-state index is 0.0383. The summed E-state index contributed by atoms with van der Waals surface area (Å²) in [6.45, 7) is 11.1. The van der Waals surface area contributed by atoms with Crippen molar-refractivity contribution in [1.82, 2.24) is 0 Å². The Labute approximate surface area is 222 Å². The minimum absolute atomic E-state index is 0.0383. The maximum absolute atomic E-state index is 8.56. The van der Waals surface area contributed by atoms with Gasteiger partial charge in [0.05, 0.1) is 106 Å². The van der Waals surface area contributed by atoms with E-state index in [0.29, 0.717) is 132 Å². The van der Waals surface area contributed by atoms with E-state index in [-0.39, 0.29) is 13.2 Å². The van der Waals surface area contributed by atoms with Gasteiger partial charge >= 0.3 is 0 Å². The SMILES string of the molecule is OCCOCCOCCCOCCOCCOCCCOCCOCCOCCCOCCOCCO. The lowest BCUT2D eigenvalue weighted by molar-refractivity contribution is -0.00541. The van der Waals surface area contributed by atoms with Gasteiger partial charge in [0.15, 0.2) is 0 Å². The first-order chi connectivity index (χ1) is 18.4. The van der Waals surface area contributed by atoms with Gasteiger partial charge in [0.25, 0.3) is 0 Å². The summed E-state index contributed by atoms with van der Waals surface area (Å²) < 4.78 is 53.8. The van der Waals surface area contributed by atoms with Crippen LogP contribution in [-0.4, -0.2) is 156 Å². The van der Waals surface area contributed by atoms with E-state index in [0.717, 1.165) is 19.3 Å². The summed E-state index contributed by atoms with van der Waals surface area (Å²) in [4.78, 5) is 0. The second-order valence-corrected chi connectivity index (χ2v) is 7.63. The van der Waals surface area contributed by atoms with E-state index >= 15 is 0 Å². The third-order valence-electron chi connectivity index (χ3n) is 4.44. The van der Waals surface area contributed by atoms with Crippen molar-refractivity contribution in [3.63, 3.8) is 0 Å². The zero-order valence-corrected chi connectivity index (χ0v) is 22.7. The second-order valence-electron chi connectivity index (χ2n) is 7.63. The Kier molecular flexibility index (Phi) is 35.1. The molecule has 0 rings (SSSR count). The van der Waals surface area contributed by atoms with Crippen LogP contribution in [0.5, 0.6) is 0 Å². The van der Waals surface area contributed by atoms with Crippen molar-refractivity contribution >= 4 is 0 Å². The van der Waals surface area contributed by atoms with Crippen LogP contribution in [0.1, 0.15) is 19.3 Å². The summed E-state index contributed by atoms with van der Waals surface area (Å²) >= 11 is 0. The van der Waals surface area contributed by atoms with E-state index in [1.54, 1.807) is 0 Å². The van der Waals surface area contributed by atoms with Crippen molar-refractivity contribution in [2.24, 2.45) is 0 Å². The standard InChI is InChI=1S/C25H52O12/c26-4-12-34-20-14-28-6-1-8-30-16-22-36-24-18-32-10-3-11-33-19-25-37-23-17-31-9-2-7-29-15-21-35-13-5-27/h26-27H,1-25H2. The molecule has 2 N–H and O–H groups in total. The molecule has 0 unspecified atom stereocenters. The third kappa shape index (κ3) is 35.5. The molecule has 37 heavy (non-hydrogen) atoms. The van der Waals surface area contributed by atoms with Crippen LogP contribution in [0, 0.1) is 0 Å². The first-order valence-corrected chi connectivity index (χ1v) is 13.4. The molecule has 12 heteroatoms. The lowest BCUT2D eigenvalue weighted by atomic mass is 10.5. The molecular weight excluding hydrogens is 492 g/mol. The first-order valence-electron chi connectivity index (χ1n) is 13.4. The molecule has 0 saturated carbocycles. The molecule has 0 aliphatic heterocycles. The summed E-state index contributed by atoms with van der Waals surface area (Å²) in [6.07, 6.45) is 2.48.